The van der Waals surface area contributed by atoms with Crippen LogP contribution in [0.15, 0.2) is 122 Å². The van der Waals surface area contributed by atoms with Crippen LogP contribution < -0.4 is 0 Å². The lowest BCUT2D eigenvalue weighted by Gasteiger charge is -2.18. The summed E-state index contributed by atoms with van der Waals surface area (Å²) in [5.41, 5.74) is 0. The summed E-state index contributed by atoms with van der Waals surface area (Å²) in [4.78, 5) is 38.2. The zero-order valence-corrected chi connectivity index (χ0v) is 52.3. The number of hydrogen-bond acceptors (Lipinski definition) is 6. The van der Waals surface area contributed by atoms with Gasteiger partial charge in [-0.15, -0.1) is 0 Å². The molecule has 0 aliphatic heterocycles. The molecule has 456 valence electrons. The molecule has 0 rings (SSSR count). The van der Waals surface area contributed by atoms with E-state index in [2.05, 4.69) is 142 Å². The van der Waals surface area contributed by atoms with Crippen LogP contribution in [0.1, 0.15) is 310 Å². The van der Waals surface area contributed by atoms with Crippen LogP contribution in [-0.2, 0) is 28.6 Å². The Bertz CT molecular complexity index is 1650. The number of carbonyl (C=O) groups is 3. The first-order valence-electron chi connectivity index (χ1n) is 33.5. The molecule has 80 heavy (non-hydrogen) atoms. The Kier molecular flexibility index (Phi) is 63.8. The van der Waals surface area contributed by atoms with E-state index in [9.17, 15) is 14.4 Å². The number of ether oxygens (including phenoxy) is 3. The number of unbranched alkanes of at least 4 members (excludes halogenated alkanes) is 29. The summed E-state index contributed by atoms with van der Waals surface area (Å²) in [6.07, 6.45) is 93.7. The highest BCUT2D eigenvalue weighted by Gasteiger charge is 2.19. The van der Waals surface area contributed by atoms with Crippen LogP contribution in [0.5, 0.6) is 0 Å². The van der Waals surface area contributed by atoms with Crippen LogP contribution in [-0.4, -0.2) is 37.2 Å². The van der Waals surface area contributed by atoms with Gasteiger partial charge in [0.1, 0.15) is 13.2 Å². The van der Waals surface area contributed by atoms with Gasteiger partial charge in [0.25, 0.3) is 0 Å². The van der Waals surface area contributed by atoms with E-state index in [-0.39, 0.29) is 31.1 Å². The van der Waals surface area contributed by atoms with Gasteiger partial charge in [-0.3, -0.25) is 14.4 Å². The van der Waals surface area contributed by atoms with Gasteiger partial charge in [-0.05, 0) is 96.3 Å². The normalized spacial score (nSPS) is 12.9. The molecule has 0 heterocycles. The molecule has 0 saturated carbocycles. The second-order valence-electron chi connectivity index (χ2n) is 22.0. The molecule has 0 aromatic rings. The Morgan fingerprint density at radius 2 is 0.487 bits per heavy atom. The number of allylic oxidation sites excluding steroid dienone is 20. The minimum atomic E-state index is -0.787. The van der Waals surface area contributed by atoms with Crippen LogP contribution in [0.25, 0.3) is 0 Å². The predicted molar refractivity (Wildman–Crippen MR) is 348 cm³/mol. The molecule has 1 atom stereocenters. The molecule has 0 aromatic heterocycles. The van der Waals surface area contributed by atoms with E-state index < -0.39 is 6.10 Å². The Labute approximate surface area is 494 Å². The maximum Gasteiger partial charge on any atom is 0.306 e. The molecule has 0 spiro atoms. The Balaban J connectivity index is 4.24. The molecular weight excluding hydrogens is 985 g/mol. The lowest BCUT2D eigenvalue weighted by Crippen LogP contribution is -2.30. The molecule has 6 heteroatoms. The standard InChI is InChI=1S/C74H124O6/c1-4-7-10-13-16-19-21-23-25-27-29-30-31-32-33-34-35-36-37-38-39-40-41-42-43-44-45-47-48-50-52-55-58-61-64-67-73(76)79-70-71(69-78-72(75)66-63-60-57-54-18-15-12-9-6-3)80-74(77)68-65-62-59-56-53-51-49-46-28-26-24-22-20-17-14-11-8-5-2/h7,10,16,19,23,25,29-30,32-33,35-36,38-39,41-42,44-45,48,50,71H,4-6,8-9,11-15,17-18,20-22,24,26-28,31,34,37,40,43,46-47,49,51-70H2,1-3H3/b10-7-,19-16-,25-23-,30-29-,33-32-,36-35-,39-38-,42-41-,45-44-,50-48-. The minimum absolute atomic E-state index is 0.0834. The summed E-state index contributed by atoms with van der Waals surface area (Å²) < 4.78 is 16.9. The van der Waals surface area contributed by atoms with Gasteiger partial charge in [0.05, 0.1) is 0 Å². The van der Waals surface area contributed by atoms with Crippen molar-refractivity contribution in [1.82, 2.24) is 0 Å². The van der Waals surface area contributed by atoms with Crippen LogP contribution in [0.4, 0.5) is 0 Å². The third kappa shape index (κ3) is 64.6. The van der Waals surface area contributed by atoms with Gasteiger partial charge in [-0.1, -0.05) is 316 Å². The first-order chi connectivity index (χ1) is 39.5. The molecule has 0 aliphatic carbocycles. The summed E-state index contributed by atoms with van der Waals surface area (Å²) in [6, 6.07) is 0. The number of carbonyl (C=O) groups excluding carboxylic acids is 3. The molecule has 0 saturated heterocycles. The van der Waals surface area contributed by atoms with E-state index in [4.69, 9.17) is 14.2 Å². The topological polar surface area (TPSA) is 78.9 Å². The van der Waals surface area contributed by atoms with Crippen molar-refractivity contribution in [2.24, 2.45) is 0 Å². The SMILES string of the molecule is CC/C=C\C/C=C\C/C=C\C/C=C\C/C=C\C/C=C\C/C=C\C/C=C\C/C=C\C/C=C\CCCCCCC(=O)OCC(COC(=O)CCCCCCCCCCC)OC(=O)CCCCCCCCCCCCCCCCCCCC. The van der Waals surface area contributed by atoms with E-state index in [0.717, 1.165) is 135 Å². The van der Waals surface area contributed by atoms with E-state index in [0.29, 0.717) is 19.3 Å². The molecule has 0 fully saturated rings. The zero-order chi connectivity index (χ0) is 57.8. The van der Waals surface area contributed by atoms with Crippen molar-refractivity contribution in [2.75, 3.05) is 13.2 Å². The molecule has 6 nitrogen and oxygen atoms in total. The number of hydrogen-bond donors (Lipinski definition) is 0. The summed E-state index contributed by atoms with van der Waals surface area (Å²) in [7, 11) is 0. The largest absolute Gasteiger partial charge is 0.462 e. The van der Waals surface area contributed by atoms with Crippen molar-refractivity contribution in [3.8, 4) is 0 Å². The van der Waals surface area contributed by atoms with E-state index in [1.807, 2.05) is 0 Å². The van der Waals surface area contributed by atoms with Gasteiger partial charge in [-0.25, -0.2) is 0 Å². The summed E-state index contributed by atoms with van der Waals surface area (Å²) in [5.74, 6) is -0.903. The molecule has 0 amide bonds. The molecule has 0 bridgehead atoms. The van der Waals surface area contributed by atoms with Crippen molar-refractivity contribution in [2.45, 2.75) is 316 Å². The minimum Gasteiger partial charge on any atom is -0.462 e. The molecule has 0 aromatic carbocycles. The monoisotopic (exact) mass is 1110 g/mol. The maximum absolute atomic E-state index is 12.9. The lowest BCUT2D eigenvalue weighted by atomic mass is 10.0. The summed E-state index contributed by atoms with van der Waals surface area (Å²) in [6.45, 7) is 6.51. The average Bonchev–Trinajstić information content (AvgIpc) is 3.46. The van der Waals surface area contributed by atoms with Gasteiger partial charge >= 0.3 is 17.9 Å². The van der Waals surface area contributed by atoms with Gasteiger partial charge in [0.2, 0.25) is 0 Å². The van der Waals surface area contributed by atoms with Crippen LogP contribution in [0.3, 0.4) is 0 Å². The smallest absolute Gasteiger partial charge is 0.306 e. The maximum atomic E-state index is 12.9. The van der Waals surface area contributed by atoms with Crippen molar-refractivity contribution < 1.29 is 28.6 Å². The van der Waals surface area contributed by atoms with Crippen LogP contribution in [0, 0.1) is 0 Å². The Hall–Kier alpha value is -4.19. The lowest BCUT2D eigenvalue weighted by molar-refractivity contribution is -0.167. The predicted octanol–water partition coefficient (Wildman–Crippen LogP) is 23.2. The Morgan fingerprint density at radius 1 is 0.263 bits per heavy atom. The molecule has 1 unspecified atom stereocenters. The van der Waals surface area contributed by atoms with Crippen molar-refractivity contribution in [3.63, 3.8) is 0 Å². The molecule has 0 radical (unpaired) electrons. The van der Waals surface area contributed by atoms with Crippen molar-refractivity contribution >= 4 is 17.9 Å². The third-order valence-electron chi connectivity index (χ3n) is 14.2. The number of rotatable bonds is 60. The number of esters is 3. The Morgan fingerprint density at radius 3 is 0.762 bits per heavy atom. The molecule has 0 aliphatic rings. The van der Waals surface area contributed by atoms with Gasteiger partial charge < -0.3 is 14.2 Å². The summed E-state index contributed by atoms with van der Waals surface area (Å²) in [5, 5.41) is 0. The first-order valence-corrected chi connectivity index (χ1v) is 33.5. The second kappa shape index (κ2) is 67.3. The van der Waals surface area contributed by atoms with Crippen molar-refractivity contribution in [3.05, 3.63) is 122 Å². The fraction of sp³-hybridized carbons (Fsp3) is 0.689. The van der Waals surface area contributed by atoms with Gasteiger partial charge in [0.15, 0.2) is 6.10 Å². The average molecular weight is 1110 g/mol. The zero-order valence-electron chi connectivity index (χ0n) is 52.3. The second-order valence-corrected chi connectivity index (χ2v) is 22.0. The van der Waals surface area contributed by atoms with Crippen LogP contribution >= 0.6 is 0 Å². The molecule has 0 N–H and O–H groups in total. The fourth-order valence-electron chi connectivity index (χ4n) is 9.24. The van der Waals surface area contributed by atoms with E-state index in [1.54, 1.807) is 0 Å². The highest BCUT2D eigenvalue weighted by molar-refractivity contribution is 5.71. The first kappa shape index (κ1) is 75.8. The van der Waals surface area contributed by atoms with Gasteiger partial charge in [-0.2, -0.15) is 0 Å². The van der Waals surface area contributed by atoms with E-state index in [1.165, 1.54) is 135 Å². The highest BCUT2D eigenvalue weighted by Crippen LogP contribution is 2.16. The highest BCUT2D eigenvalue weighted by atomic mass is 16.6. The van der Waals surface area contributed by atoms with Gasteiger partial charge in [0, 0.05) is 19.3 Å². The summed E-state index contributed by atoms with van der Waals surface area (Å²) >= 11 is 0. The van der Waals surface area contributed by atoms with E-state index >= 15 is 0 Å². The van der Waals surface area contributed by atoms with Crippen molar-refractivity contribution in [1.29, 1.82) is 0 Å². The fourth-order valence-corrected chi connectivity index (χ4v) is 9.24. The van der Waals surface area contributed by atoms with Crippen LogP contribution in [0.2, 0.25) is 0 Å². The third-order valence-corrected chi connectivity index (χ3v) is 14.2. The quantitative estimate of drug-likeness (QED) is 0.0261. The molecular formula is C74H124O6.